The maximum absolute atomic E-state index is 14.5. The van der Waals surface area contributed by atoms with Crippen LogP contribution in [0.4, 0.5) is 34.8 Å². The van der Waals surface area contributed by atoms with Gasteiger partial charge in [0.05, 0.1) is 18.0 Å². The van der Waals surface area contributed by atoms with Crippen LogP contribution in [0.5, 0.6) is 11.5 Å². The van der Waals surface area contributed by atoms with Crippen molar-refractivity contribution in [1.29, 1.82) is 0 Å². The number of nitrogens with zero attached hydrogens (tertiary/aromatic N) is 4. The third kappa shape index (κ3) is 5.61. The van der Waals surface area contributed by atoms with E-state index in [0.29, 0.717) is 6.20 Å². The number of nitrogens with one attached hydrogen (secondary N) is 1. The van der Waals surface area contributed by atoms with Gasteiger partial charge in [-0.05, 0) is 12.1 Å². The van der Waals surface area contributed by atoms with Crippen molar-refractivity contribution in [2.24, 2.45) is 17.8 Å². The van der Waals surface area contributed by atoms with E-state index in [0.717, 1.165) is 18.3 Å². The smallest absolute Gasteiger partial charge is 0.434 e. The minimum atomic E-state index is -5.02. The molecule has 3 aromatic rings. The van der Waals surface area contributed by atoms with Crippen molar-refractivity contribution < 1.29 is 27.1 Å². The van der Waals surface area contributed by atoms with Crippen molar-refractivity contribution in [1.82, 2.24) is 14.8 Å². The van der Waals surface area contributed by atoms with Crippen molar-refractivity contribution >= 4 is 40.4 Å². The van der Waals surface area contributed by atoms with E-state index in [-0.39, 0.29) is 33.7 Å². The first-order valence-corrected chi connectivity index (χ1v) is 9.63. The van der Waals surface area contributed by atoms with Crippen LogP contribution in [0.3, 0.4) is 0 Å². The van der Waals surface area contributed by atoms with Gasteiger partial charge in [0, 0.05) is 37.3 Å². The molecule has 178 valence electrons. The summed E-state index contributed by atoms with van der Waals surface area (Å²) in [6, 6.07) is 4.53. The zero-order chi connectivity index (χ0) is 25.0. The SMILES string of the molecule is Cn1cc(N=C(C(=CN)C(=O)Nc2ccc(Oc3ccnc(N)c3Cl)c(F)c2)C(F)(F)F)cn1. The fraction of sp³-hybridized carbons (Fsp3) is 0.100. The predicted octanol–water partition coefficient (Wildman–Crippen LogP) is 4.10. The molecule has 1 aromatic carbocycles. The first-order valence-electron chi connectivity index (χ1n) is 9.25. The van der Waals surface area contributed by atoms with Gasteiger partial charge in [0.25, 0.3) is 5.91 Å². The number of hydrogen-bond donors (Lipinski definition) is 3. The quantitative estimate of drug-likeness (QED) is 0.267. The fourth-order valence-corrected chi connectivity index (χ4v) is 2.78. The van der Waals surface area contributed by atoms with Crippen LogP contribution in [-0.4, -0.2) is 32.6 Å². The van der Waals surface area contributed by atoms with Crippen molar-refractivity contribution in [3.8, 4) is 11.5 Å². The van der Waals surface area contributed by atoms with Crippen LogP contribution in [0, 0.1) is 5.82 Å². The highest BCUT2D eigenvalue weighted by Gasteiger charge is 2.40. The van der Waals surface area contributed by atoms with Gasteiger partial charge >= 0.3 is 6.18 Å². The topological polar surface area (TPSA) is 133 Å². The number of anilines is 2. The van der Waals surface area contributed by atoms with E-state index in [1.807, 2.05) is 0 Å². The third-order valence-corrected chi connectivity index (χ3v) is 4.54. The van der Waals surface area contributed by atoms with Crippen LogP contribution in [0.15, 0.2) is 59.6 Å². The summed E-state index contributed by atoms with van der Waals surface area (Å²) >= 11 is 5.95. The summed E-state index contributed by atoms with van der Waals surface area (Å²) in [6.45, 7) is 0. The van der Waals surface area contributed by atoms with E-state index in [1.165, 1.54) is 36.3 Å². The van der Waals surface area contributed by atoms with Gasteiger partial charge in [-0.25, -0.2) is 14.4 Å². The van der Waals surface area contributed by atoms with Crippen LogP contribution in [0.2, 0.25) is 5.02 Å². The summed E-state index contributed by atoms with van der Waals surface area (Å²) in [5, 5.41) is 5.84. The molecule has 0 unspecified atom stereocenters. The van der Waals surface area contributed by atoms with E-state index in [2.05, 4.69) is 20.4 Å². The minimum absolute atomic E-state index is 0.0274. The lowest BCUT2D eigenvalue weighted by atomic mass is 10.1. The zero-order valence-electron chi connectivity index (χ0n) is 17.3. The normalized spacial score (nSPS) is 12.5. The van der Waals surface area contributed by atoms with Crippen molar-refractivity contribution in [3.05, 3.63) is 65.5 Å². The molecule has 0 aliphatic heterocycles. The summed E-state index contributed by atoms with van der Waals surface area (Å²) in [6.07, 6.45) is -0.965. The number of alkyl halides is 3. The first kappa shape index (κ1) is 24.5. The molecule has 0 saturated heterocycles. The average Bonchev–Trinajstić information content (AvgIpc) is 3.17. The molecule has 0 bridgehead atoms. The van der Waals surface area contributed by atoms with E-state index < -0.39 is 29.2 Å². The predicted molar refractivity (Wildman–Crippen MR) is 117 cm³/mol. The maximum Gasteiger partial charge on any atom is 0.434 e. The second-order valence-electron chi connectivity index (χ2n) is 6.62. The molecule has 0 saturated carbocycles. The Kier molecular flexibility index (Phi) is 7.05. The lowest BCUT2D eigenvalue weighted by molar-refractivity contribution is -0.113. The number of rotatable bonds is 6. The number of hydrogen-bond acceptors (Lipinski definition) is 7. The van der Waals surface area contributed by atoms with E-state index in [1.54, 1.807) is 0 Å². The number of nitrogen functional groups attached to an aromatic ring is 1. The lowest BCUT2D eigenvalue weighted by Gasteiger charge is -2.14. The number of carbonyl (C=O) groups is 1. The molecule has 34 heavy (non-hydrogen) atoms. The number of nitrogens with two attached hydrogens (primary N) is 2. The number of pyridine rings is 1. The van der Waals surface area contributed by atoms with Gasteiger partial charge < -0.3 is 21.5 Å². The largest absolute Gasteiger partial charge is 0.453 e. The van der Waals surface area contributed by atoms with Gasteiger partial charge in [-0.15, -0.1) is 0 Å². The standard InChI is InChI=1S/C20H16ClF4N7O2/c1-32-9-11(8-29-32)30-17(20(23,24)25)12(7-26)19(33)31-10-2-3-14(13(22)6-10)34-15-4-5-28-18(27)16(15)21/h2-9H,26H2,1H3,(H2,27,28)(H,31,33). The van der Waals surface area contributed by atoms with E-state index in [4.69, 9.17) is 27.8 Å². The highest BCUT2D eigenvalue weighted by Crippen LogP contribution is 2.34. The Labute approximate surface area is 194 Å². The molecule has 14 heteroatoms. The number of aryl methyl sites for hydroxylation is 1. The lowest BCUT2D eigenvalue weighted by Crippen LogP contribution is -2.32. The Bertz CT molecular complexity index is 1290. The molecule has 0 aliphatic rings. The van der Waals surface area contributed by atoms with Gasteiger partial charge in [0.15, 0.2) is 23.0 Å². The number of benzene rings is 1. The molecule has 0 atom stereocenters. The first-order chi connectivity index (χ1) is 16.0. The summed E-state index contributed by atoms with van der Waals surface area (Å²) in [4.78, 5) is 19.7. The van der Waals surface area contributed by atoms with Gasteiger partial charge in [-0.3, -0.25) is 9.48 Å². The number of halogens is 5. The molecule has 1 amide bonds. The average molecular weight is 498 g/mol. The molecule has 0 fully saturated rings. The fourth-order valence-electron chi connectivity index (χ4n) is 2.63. The highest BCUT2D eigenvalue weighted by atomic mass is 35.5. The van der Waals surface area contributed by atoms with Crippen LogP contribution in [0.25, 0.3) is 0 Å². The monoisotopic (exact) mass is 497 g/mol. The molecular weight excluding hydrogens is 482 g/mol. The highest BCUT2D eigenvalue weighted by molar-refractivity contribution is 6.34. The van der Waals surface area contributed by atoms with Crippen LogP contribution in [-0.2, 0) is 11.8 Å². The van der Waals surface area contributed by atoms with Crippen molar-refractivity contribution in [2.75, 3.05) is 11.1 Å². The van der Waals surface area contributed by atoms with Gasteiger partial charge in [-0.1, -0.05) is 11.6 Å². The van der Waals surface area contributed by atoms with Crippen molar-refractivity contribution in [3.63, 3.8) is 0 Å². The molecule has 2 heterocycles. The number of aliphatic imine (C=N–C) groups is 1. The summed E-state index contributed by atoms with van der Waals surface area (Å²) in [7, 11) is 1.48. The Hall–Kier alpha value is -4.13. The van der Waals surface area contributed by atoms with Gasteiger partial charge in [0.1, 0.15) is 16.5 Å². The molecule has 0 spiro atoms. The molecule has 9 nitrogen and oxygen atoms in total. The summed E-state index contributed by atoms with van der Waals surface area (Å²) in [5.41, 5.74) is 8.02. The third-order valence-electron chi connectivity index (χ3n) is 4.16. The molecule has 0 aliphatic carbocycles. The molecule has 5 N–H and O–H groups in total. The summed E-state index contributed by atoms with van der Waals surface area (Å²) < 4.78 is 61.9. The Morgan fingerprint density at radius 2 is 2.03 bits per heavy atom. The second kappa shape index (κ2) is 9.79. The maximum atomic E-state index is 14.5. The summed E-state index contributed by atoms with van der Waals surface area (Å²) in [5.74, 6) is -2.49. The molecule has 3 rings (SSSR count). The Morgan fingerprint density at radius 3 is 2.62 bits per heavy atom. The van der Waals surface area contributed by atoms with Crippen LogP contribution < -0.4 is 21.5 Å². The number of ether oxygens (including phenoxy) is 1. The minimum Gasteiger partial charge on any atom is -0.453 e. The molecule has 2 aromatic heterocycles. The second-order valence-corrected chi connectivity index (χ2v) is 7.00. The Balaban J connectivity index is 1.83. The van der Waals surface area contributed by atoms with Crippen molar-refractivity contribution in [2.45, 2.75) is 6.18 Å². The van der Waals surface area contributed by atoms with E-state index >= 15 is 0 Å². The van der Waals surface area contributed by atoms with Crippen LogP contribution in [0.1, 0.15) is 0 Å². The number of aromatic nitrogens is 3. The van der Waals surface area contributed by atoms with Crippen LogP contribution >= 0.6 is 11.6 Å². The number of amides is 1. The van der Waals surface area contributed by atoms with Gasteiger partial charge in [0.2, 0.25) is 0 Å². The molecule has 0 radical (unpaired) electrons. The molecular formula is C20H16ClF4N7O2. The van der Waals surface area contributed by atoms with Gasteiger partial charge in [-0.2, -0.15) is 18.3 Å². The number of carbonyl (C=O) groups excluding carboxylic acids is 1. The Morgan fingerprint density at radius 1 is 1.29 bits per heavy atom. The zero-order valence-corrected chi connectivity index (χ0v) is 18.0. The van der Waals surface area contributed by atoms with E-state index in [9.17, 15) is 22.4 Å².